The van der Waals surface area contributed by atoms with Crippen LogP contribution in [0.2, 0.25) is 0 Å². The van der Waals surface area contributed by atoms with Gasteiger partial charge in [0.15, 0.2) is 0 Å². The molecule has 1 atom stereocenters. The second kappa shape index (κ2) is 7.42. The Kier molecular flexibility index (Phi) is 5.09. The second-order valence-corrected chi connectivity index (χ2v) is 5.89. The molecule has 0 bridgehead atoms. The van der Waals surface area contributed by atoms with Crippen LogP contribution in [0.15, 0.2) is 60.8 Å². The van der Waals surface area contributed by atoms with Crippen LogP contribution in [0.1, 0.15) is 31.4 Å². The first-order valence-electron chi connectivity index (χ1n) is 8.31. The van der Waals surface area contributed by atoms with Gasteiger partial charge in [-0.25, -0.2) is 4.39 Å². The number of rotatable bonds is 7. The van der Waals surface area contributed by atoms with Gasteiger partial charge in [-0.15, -0.1) is 0 Å². The van der Waals surface area contributed by atoms with E-state index in [1.807, 2.05) is 12.1 Å². The van der Waals surface area contributed by atoms with Crippen molar-refractivity contribution in [2.24, 2.45) is 0 Å². The first-order valence-corrected chi connectivity index (χ1v) is 8.31. The Morgan fingerprint density at radius 3 is 2.74 bits per heavy atom. The Balaban J connectivity index is 1.94. The fourth-order valence-corrected chi connectivity index (χ4v) is 3.10. The monoisotopic (exact) mass is 310 g/mol. The lowest BCUT2D eigenvalue weighted by Crippen LogP contribution is -2.21. The fourth-order valence-electron chi connectivity index (χ4n) is 3.10. The first kappa shape index (κ1) is 15.8. The van der Waals surface area contributed by atoms with E-state index in [9.17, 15) is 4.39 Å². The maximum Gasteiger partial charge on any atom is 0.123 e. The highest BCUT2D eigenvalue weighted by atomic mass is 19.1. The zero-order valence-corrected chi connectivity index (χ0v) is 13.5. The van der Waals surface area contributed by atoms with Gasteiger partial charge in [0.25, 0.3) is 0 Å². The summed E-state index contributed by atoms with van der Waals surface area (Å²) in [4.78, 5) is 0. The van der Waals surface area contributed by atoms with Crippen LogP contribution in [0.4, 0.5) is 4.39 Å². The molecular formula is C20H23FN2. The third kappa shape index (κ3) is 3.62. The van der Waals surface area contributed by atoms with Crippen LogP contribution < -0.4 is 5.32 Å². The molecule has 3 rings (SSSR count). The minimum absolute atomic E-state index is 0.134. The van der Waals surface area contributed by atoms with Crippen molar-refractivity contribution < 1.29 is 4.39 Å². The fraction of sp³-hybridized carbons (Fsp3) is 0.300. The van der Waals surface area contributed by atoms with Crippen LogP contribution in [0.5, 0.6) is 0 Å². The molecule has 1 unspecified atom stereocenters. The zero-order chi connectivity index (χ0) is 16.1. The molecule has 23 heavy (non-hydrogen) atoms. The Morgan fingerprint density at radius 2 is 1.91 bits per heavy atom. The topological polar surface area (TPSA) is 17.0 Å². The molecule has 0 spiro atoms. The highest BCUT2D eigenvalue weighted by Gasteiger charge is 2.15. The highest BCUT2D eigenvalue weighted by molar-refractivity contribution is 5.80. The normalized spacial score (nSPS) is 12.6. The van der Waals surface area contributed by atoms with Crippen molar-refractivity contribution in [1.29, 1.82) is 0 Å². The molecule has 2 nitrogen and oxygen atoms in total. The standard InChI is InChI=1S/C20H23FN2/c1-2-12-22-13-10-20(17-7-5-8-18(21)15-17)23-14-11-16-6-3-4-9-19(16)23/h3-9,11,14-15,20,22H,2,10,12-13H2,1H3. The summed E-state index contributed by atoms with van der Waals surface area (Å²) in [5.41, 5.74) is 2.21. The number of benzene rings is 2. The molecule has 0 saturated heterocycles. The maximum atomic E-state index is 13.7. The van der Waals surface area contributed by atoms with E-state index >= 15 is 0 Å². The lowest BCUT2D eigenvalue weighted by Gasteiger charge is -2.21. The van der Waals surface area contributed by atoms with Gasteiger partial charge in [0.05, 0.1) is 6.04 Å². The number of aromatic nitrogens is 1. The summed E-state index contributed by atoms with van der Waals surface area (Å²) in [5, 5.41) is 4.67. The van der Waals surface area contributed by atoms with Gasteiger partial charge in [-0.3, -0.25) is 0 Å². The Hall–Kier alpha value is -2.13. The number of nitrogens with one attached hydrogen (secondary N) is 1. The predicted molar refractivity (Wildman–Crippen MR) is 94.3 cm³/mol. The minimum atomic E-state index is -0.175. The summed E-state index contributed by atoms with van der Waals surface area (Å²) in [6.07, 6.45) is 4.17. The van der Waals surface area contributed by atoms with Crippen molar-refractivity contribution in [2.75, 3.05) is 13.1 Å². The molecule has 2 aromatic carbocycles. The molecule has 1 aromatic heterocycles. The van der Waals surface area contributed by atoms with Crippen molar-refractivity contribution in [3.05, 3.63) is 72.2 Å². The van der Waals surface area contributed by atoms with E-state index in [0.29, 0.717) is 0 Å². The quantitative estimate of drug-likeness (QED) is 0.623. The van der Waals surface area contributed by atoms with Gasteiger partial charge >= 0.3 is 0 Å². The van der Waals surface area contributed by atoms with Crippen LogP contribution in [0.25, 0.3) is 10.9 Å². The highest BCUT2D eigenvalue weighted by Crippen LogP contribution is 2.27. The first-order chi connectivity index (χ1) is 11.3. The average Bonchev–Trinajstić information content (AvgIpc) is 2.99. The molecule has 0 aliphatic heterocycles. The average molecular weight is 310 g/mol. The lowest BCUT2D eigenvalue weighted by atomic mass is 10.0. The van der Waals surface area contributed by atoms with Crippen molar-refractivity contribution in [2.45, 2.75) is 25.8 Å². The summed E-state index contributed by atoms with van der Waals surface area (Å²) < 4.78 is 16.0. The van der Waals surface area contributed by atoms with E-state index in [2.05, 4.69) is 47.3 Å². The van der Waals surface area contributed by atoms with Crippen molar-refractivity contribution in [3.8, 4) is 0 Å². The SMILES string of the molecule is CCCNCCC(c1cccc(F)c1)n1ccc2ccccc21. The van der Waals surface area contributed by atoms with Crippen LogP contribution >= 0.6 is 0 Å². The number of nitrogens with zero attached hydrogens (tertiary/aromatic N) is 1. The molecule has 3 aromatic rings. The van der Waals surface area contributed by atoms with Gasteiger partial charge in [-0.05, 0) is 61.1 Å². The largest absolute Gasteiger partial charge is 0.340 e. The van der Waals surface area contributed by atoms with Crippen LogP contribution in [-0.2, 0) is 0 Å². The van der Waals surface area contributed by atoms with E-state index in [1.165, 1.54) is 17.0 Å². The number of halogens is 1. The van der Waals surface area contributed by atoms with Gasteiger partial charge in [0, 0.05) is 11.7 Å². The van der Waals surface area contributed by atoms with E-state index in [0.717, 1.165) is 31.5 Å². The van der Waals surface area contributed by atoms with Crippen molar-refractivity contribution >= 4 is 10.9 Å². The summed E-state index contributed by atoms with van der Waals surface area (Å²) in [6, 6.07) is 17.6. The van der Waals surface area contributed by atoms with Gasteiger partial charge < -0.3 is 9.88 Å². The second-order valence-electron chi connectivity index (χ2n) is 5.89. The minimum Gasteiger partial charge on any atom is -0.340 e. The molecule has 0 aliphatic rings. The van der Waals surface area contributed by atoms with Crippen molar-refractivity contribution in [1.82, 2.24) is 9.88 Å². The van der Waals surface area contributed by atoms with E-state index in [1.54, 1.807) is 12.1 Å². The van der Waals surface area contributed by atoms with E-state index in [4.69, 9.17) is 0 Å². The predicted octanol–water partition coefficient (Wildman–Crippen LogP) is 4.76. The Bertz CT molecular complexity index is 763. The zero-order valence-electron chi connectivity index (χ0n) is 13.5. The summed E-state index contributed by atoms with van der Waals surface area (Å²) in [7, 11) is 0. The van der Waals surface area contributed by atoms with Gasteiger partial charge in [0.1, 0.15) is 5.82 Å². The van der Waals surface area contributed by atoms with Gasteiger partial charge in [-0.2, -0.15) is 0 Å². The maximum absolute atomic E-state index is 13.7. The molecular weight excluding hydrogens is 287 g/mol. The third-order valence-corrected chi connectivity index (χ3v) is 4.22. The molecule has 0 amide bonds. The number of fused-ring (bicyclic) bond motifs is 1. The number of hydrogen-bond acceptors (Lipinski definition) is 1. The van der Waals surface area contributed by atoms with Gasteiger partial charge in [0.2, 0.25) is 0 Å². The summed E-state index contributed by atoms with van der Waals surface area (Å²) >= 11 is 0. The Labute approximate surface area is 136 Å². The van der Waals surface area contributed by atoms with Crippen LogP contribution in [-0.4, -0.2) is 17.7 Å². The van der Waals surface area contributed by atoms with Crippen molar-refractivity contribution in [3.63, 3.8) is 0 Å². The molecule has 1 N–H and O–H groups in total. The van der Waals surface area contributed by atoms with E-state index < -0.39 is 0 Å². The molecule has 0 saturated carbocycles. The molecule has 120 valence electrons. The lowest BCUT2D eigenvalue weighted by molar-refractivity contribution is 0.516. The molecule has 3 heteroatoms. The smallest absolute Gasteiger partial charge is 0.123 e. The molecule has 0 fully saturated rings. The molecule has 0 radical (unpaired) electrons. The summed E-state index contributed by atoms with van der Waals surface area (Å²) in [5.74, 6) is -0.175. The van der Waals surface area contributed by atoms with Gasteiger partial charge in [-0.1, -0.05) is 37.3 Å². The van der Waals surface area contributed by atoms with Crippen LogP contribution in [0, 0.1) is 5.82 Å². The molecule has 1 heterocycles. The van der Waals surface area contributed by atoms with Crippen LogP contribution in [0.3, 0.4) is 0 Å². The number of hydrogen-bond donors (Lipinski definition) is 1. The molecule has 0 aliphatic carbocycles. The Morgan fingerprint density at radius 1 is 1.04 bits per heavy atom. The number of para-hydroxylation sites is 1. The third-order valence-electron chi connectivity index (χ3n) is 4.22. The summed E-state index contributed by atoms with van der Waals surface area (Å²) in [6.45, 7) is 4.10. The van der Waals surface area contributed by atoms with E-state index in [-0.39, 0.29) is 11.9 Å².